The van der Waals surface area contributed by atoms with Crippen LogP contribution in [-0.4, -0.2) is 13.0 Å². The second kappa shape index (κ2) is 5.63. The molecule has 1 heterocycles. The summed E-state index contributed by atoms with van der Waals surface area (Å²) in [4.78, 5) is 12.7. The van der Waals surface area contributed by atoms with Gasteiger partial charge < -0.3 is 15.8 Å². The number of hydrogen-bond donors (Lipinski definition) is 2. The lowest BCUT2D eigenvalue weighted by Gasteiger charge is -2.09. The number of nitrogen functional groups attached to an aromatic ring is 1. The SMILES string of the molecule is COc1ccc(N)c(NC(=O)c2cc(C)c(Br)s2)c1. The highest BCUT2D eigenvalue weighted by atomic mass is 79.9. The van der Waals surface area contributed by atoms with Crippen molar-refractivity contribution in [2.24, 2.45) is 0 Å². The molecule has 0 aliphatic carbocycles. The van der Waals surface area contributed by atoms with Gasteiger partial charge in [0.1, 0.15) is 5.75 Å². The minimum atomic E-state index is -0.182. The quantitative estimate of drug-likeness (QED) is 0.838. The third kappa shape index (κ3) is 3.08. The molecule has 2 aromatic rings. The monoisotopic (exact) mass is 340 g/mol. The number of anilines is 2. The predicted molar refractivity (Wildman–Crippen MR) is 82.1 cm³/mol. The first-order valence-electron chi connectivity index (χ1n) is 5.52. The van der Waals surface area contributed by atoms with Crippen molar-refractivity contribution < 1.29 is 9.53 Å². The van der Waals surface area contributed by atoms with Crippen LogP contribution in [0.25, 0.3) is 0 Å². The Bertz CT molecular complexity index is 606. The van der Waals surface area contributed by atoms with Gasteiger partial charge in [-0.2, -0.15) is 0 Å². The number of ether oxygens (including phenoxy) is 1. The molecule has 0 radical (unpaired) electrons. The summed E-state index contributed by atoms with van der Waals surface area (Å²) in [7, 11) is 1.57. The van der Waals surface area contributed by atoms with Crippen molar-refractivity contribution in [1.29, 1.82) is 0 Å². The number of thiophene rings is 1. The number of amides is 1. The number of nitrogens with two attached hydrogens (primary N) is 1. The number of hydrogen-bond acceptors (Lipinski definition) is 4. The highest BCUT2D eigenvalue weighted by molar-refractivity contribution is 9.11. The molecule has 0 bridgehead atoms. The Morgan fingerprint density at radius 2 is 2.16 bits per heavy atom. The fraction of sp³-hybridized carbons (Fsp3) is 0.154. The van der Waals surface area contributed by atoms with Crippen LogP contribution >= 0.6 is 27.3 Å². The average Bonchev–Trinajstić information content (AvgIpc) is 2.72. The van der Waals surface area contributed by atoms with Crippen LogP contribution in [0.15, 0.2) is 28.1 Å². The Balaban J connectivity index is 2.23. The molecule has 2 rings (SSSR count). The van der Waals surface area contributed by atoms with Crippen molar-refractivity contribution in [3.05, 3.63) is 38.5 Å². The van der Waals surface area contributed by atoms with Crippen LogP contribution in [0.3, 0.4) is 0 Å². The summed E-state index contributed by atoms with van der Waals surface area (Å²) < 4.78 is 6.06. The maximum Gasteiger partial charge on any atom is 0.265 e. The molecule has 0 spiro atoms. The maximum atomic E-state index is 12.1. The average molecular weight is 341 g/mol. The molecule has 4 nitrogen and oxygen atoms in total. The van der Waals surface area contributed by atoms with E-state index in [1.54, 1.807) is 25.3 Å². The molecule has 0 saturated heterocycles. The first-order valence-corrected chi connectivity index (χ1v) is 7.13. The van der Waals surface area contributed by atoms with Crippen LogP contribution in [-0.2, 0) is 0 Å². The summed E-state index contributed by atoms with van der Waals surface area (Å²) >= 11 is 4.79. The molecular formula is C13H13BrN2O2S. The van der Waals surface area contributed by atoms with Gasteiger partial charge in [-0.25, -0.2) is 0 Å². The Kier molecular flexibility index (Phi) is 4.11. The largest absolute Gasteiger partial charge is 0.497 e. The minimum Gasteiger partial charge on any atom is -0.497 e. The van der Waals surface area contributed by atoms with Crippen molar-refractivity contribution >= 4 is 44.5 Å². The Morgan fingerprint density at radius 1 is 1.42 bits per heavy atom. The molecule has 0 aliphatic heterocycles. The predicted octanol–water partition coefficient (Wildman–Crippen LogP) is 3.66. The van der Waals surface area contributed by atoms with Crippen LogP contribution < -0.4 is 15.8 Å². The second-order valence-corrected chi connectivity index (χ2v) is 6.34. The first kappa shape index (κ1) is 13.9. The molecule has 1 amide bonds. The van der Waals surface area contributed by atoms with Crippen LogP contribution in [0, 0.1) is 6.92 Å². The summed E-state index contributed by atoms with van der Waals surface area (Å²) in [5, 5.41) is 2.79. The standard InChI is InChI=1S/C13H13BrN2O2S/c1-7-5-11(19-12(7)14)13(17)16-10-6-8(18-2)3-4-9(10)15/h3-6H,15H2,1-2H3,(H,16,17). The number of carbonyl (C=O) groups excluding carboxylic acids is 1. The van der Waals surface area contributed by atoms with E-state index in [1.165, 1.54) is 11.3 Å². The number of aryl methyl sites for hydroxylation is 1. The van der Waals surface area contributed by atoms with Crippen molar-refractivity contribution in [3.8, 4) is 5.75 Å². The van der Waals surface area contributed by atoms with Gasteiger partial charge >= 0.3 is 0 Å². The smallest absolute Gasteiger partial charge is 0.265 e. The van der Waals surface area contributed by atoms with Gasteiger partial charge in [-0.05, 0) is 46.6 Å². The van der Waals surface area contributed by atoms with Crippen molar-refractivity contribution in [2.45, 2.75) is 6.92 Å². The summed E-state index contributed by atoms with van der Waals surface area (Å²) in [6, 6.07) is 6.98. The Labute approximate surface area is 123 Å². The van der Waals surface area contributed by atoms with Crippen LogP contribution in [0.1, 0.15) is 15.2 Å². The van der Waals surface area contributed by atoms with E-state index in [-0.39, 0.29) is 5.91 Å². The van der Waals surface area contributed by atoms with Gasteiger partial charge in [0.15, 0.2) is 0 Å². The molecule has 100 valence electrons. The van der Waals surface area contributed by atoms with Gasteiger partial charge in [-0.3, -0.25) is 4.79 Å². The third-order valence-corrected chi connectivity index (χ3v) is 4.73. The number of carbonyl (C=O) groups is 1. The van der Waals surface area contributed by atoms with Crippen molar-refractivity contribution in [3.63, 3.8) is 0 Å². The Hall–Kier alpha value is -1.53. The van der Waals surface area contributed by atoms with Gasteiger partial charge in [0.25, 0.3) is 5.91 Å². The van der Waals surface area contributed by atoms with E-state index < -0.39 is 0 Å². The van der Waals surface area contributed by atoms with Crippen LogP contribution in [0.2, 0.25) is 0 Å². The van der Waals surface area contributed by atoms with Gasteiger partial charge in [-0.1, -0.05) is 0 Å². The number of rotatable bonds is 3. The van der Waals surface area contributed by atoms with Crippen LogP contribution in [0.4, 0.5) is 11.4 Å². The first-order chi connectivity index (χ1) is 9.01. The van der Waals surface area contributed by atoms with Crippen LogP contribution in [0.5, 0.6) is 5.75 Å². The van der Waals surface area contributed by atoms with E-state index in [2.05, 4.69) is 21.2 Å². The lowest BCUT2D eigenvalue weighted by Crippen LogP contribution is -2.11. The normalized spacial score (nSPS) is 10.3. The minimum absolute atomic E-state index is 0.182. The van der Waals surface area contributed by atoms with E-state index >= 15 is 0 Å². The number of halogens is 1. The molecule has 0 aliphatic rings. The molecular weight excluding hydrogens is 328 g/mol. The van der Waals surface area contributed by atoms with Gasteiger partial charge in [0.05, 0.1) is 27.1 Å². The van der Waals surface area contributed by atoms with Gasteiger partial charge in [-0.15, -0.1) is 11.3 Å². The van der Waals surface area contributed by atoms with Crippen molar-refractivity contribution in [1.82, 2.24) is 0 Å². The molecule has 3 N–H and O–H groups in total. The summed E-state index contributed by atoms with van der Waals surface area (Å²) in [5.41, 5.74) is 7.91. The third-order valence-electron chi connectivity index (χ3n) is 2.59. The van der Waals surface area contributed by atoms with E-state index in [0.29, 0.717) is 22.0 Å². The van der Waals surface area contributed by atoms with Gasteiger partial charge in [0.2, 0.25) is 0 Å². The van der Waals surface area contributed by atoms with Crippen molar-refractivity contribution in [2.75, 3.05) is 18.2 Å². The van der Waals surface area contributed by atoms with E-state index in [0.717, 1.165) is 9.35 Å². The number of nitrogens with one attached hydrogen (secondary N) is 1. The zero-order valence-corrected chi connectivity index (χ0v) is 12.9. The summed E-state index contributed by atoms with van der Waals surface area (Å²) in [6.45, 7) is 1.94. The number of methoxy groups -OCH3 is 1. The molecule has 0 atom stereocenters. The maximum absolute atomic E-state index is 12.1. The lowest BCUT2D eigenvalue weighted by atomic mass is 10.2. The second-order valence-electron chi connectivity index (χ2n) is 3.97. The molecule has 19 heavy (non-hydrogen) atoms. The molecule has 0 fully saturated rings. The zero-order valence-electron chi connectivity index (χ0n) is 10.5. The summed E-state index contributed by atoms with van der Waals surface area (Å²) in [5.74, 6) is 0.465. The highest BCUT2D eigenvalue weighted by Gasteiger charge is 2.13. The molecule has 0 saturated carbocycles. The summed E-state index contributed by atoms with van der Waals surface area (Å²) in [6.07, 6.45) is 0. The van der Waals surface area contributed by atoms with Gasteiger partial charge in [0, 0.05) is 6.07 Å². The highest BCUT2D eigenvalue weighted by Crippen LogP contribution is 2.29. The Morgan fingerprint density at radius 3 is 2.74 bits per heavy atom. The topological polar surface area (TPSA) is 64.3 Å². The fourth-order valence-electron chi connectivity index (χ4n) is 1.53. The zero-order chi connectivity index (χ0) is 14.0. The van der Waals surface area contributed by atoms with E-state index in [4.69, 9.17) is 10.5 Å². The van der Waals surface area contributed by atoms with E-state index in [1.807, 2.05) is 13.0 Å². The lowest BCUT2D eigenvalue weighted by molar-refractivity contribution is 0.103. The molecule has 1 aromatic heterocycles. The van der Waals surface area contributed by atoms with E-state index in [9.17, 15) is 4.79 Å². The fourth-order valence-corrected chi connectivity index (χ4v) is 2.96. The molecule has 1 aromatic carbocycles. The number of benzene rings is 1. The molecule has 6 heteroatoms. The molecule has 0 unspecified atom stereocenters.